The van der Waals surface area contributed by atoms with Gasteiger partial charge in [0.15, 0.2) is 0 Å². The first-order valence-corrected chi connectivity index (χ1v) is 12.7. The van der Waals surface area contributed by atoms with E-state index in [1.807, 2.05) is 6.07 Å². The maximum atomic E-state index is 6.69. The molecule has 170 valence electrons. The van der Waals surface area contributed by atoms with Crippen molar-refractivity contribution in [2.24, 2.45) is 0 Å². The summed E-state index contributed by atoms with van der Waals surface area (Å²) in [4.78, 5) is 0. The van der Waals surface area contributed by atoms with Crippen LogP contribution in [0.3, 0.4) is 0 Å². The third-order valence-electron chi connectivity index (χ3n) is 8.48. The van der Waals surface area contributed by atoms with E-state index in [1.54, 1.807) is 0 Å². The van der Waals surface area contributed by atoms with Crippen LogP contribution in [0.15, 0.2) is 91.0 Å². The lowest BCUT2D eigenvalue weighted by molar-refractivity contribution is 0.331. The van der Waals surface area contributed by atoms with Gasteiger partial charge in [-0.2, -0.15) is 0 Å². The molecule has 0 N–H and O–H groups in total. The van der Waals surface area contributed by atoms with Gasteiger partial charge in [0.05, 0.1) is 5.41 Å². The quantitative estimate of drug-likeness (QED) is 0.245. The predicted molar refractivity (Wildman–Crippen MR) is 144 cm³/mol. The van der Waals surface area contributed by atoms with Crippen molar-refractivity contribution in [1.29, 1.82) is 0 Å². The van der Waals surface area contributed by atoms with E-state index >= 15 is 0 Å². The van der Waals surface area contributed by atoms with Crippen molar-refractivity contribution >= 4 is 11.6 Å². The van der Waals surface area contributed by atoms with Gasteiger partial charge >= 0.3 is 0 Å². The van der Waals surface area contributed by atoms with Gasteiger partial charge in [0, 0.05) is 5.02 Å². The van der Waals surface area contributed by atoms with Gasteiger partial charge in [0.2, 0.25) is 0 Å². The third-order valence-corrected chi connectivity index (χ3v) is 8.72. The fourth-order valence-electron chi connectivity index (χ4n) is 6.52. The standard InChI is InChI=1S/C33H31Cl/c1-31(2)17-18-32(3,4)30-21-28-26(20-29(30)31)25-16-15-24(34)19-27(25)33(28,22-11-7-5-8-12-22)23-13-9-6-10-14-23/h5-16,19-21H,17-18H2,1-4H3. The van der Waals surface area contributed by atoms with Gasteiger partial charge in [0.1, 0.15) is 0 Å². The van der Waals surface area contributed by atoms with Crippen LogP contribution in [-0.4, -0.2) is 0 Å². The first-order chi connectivity index (χ1) is 16.2. The maximum Gasteiger partial charge on any atom is 0.0714 e. The van der Waals surface area contributed by atoms with Crippen molar-refractivity contribution < 1.29 is 0 Å². The Morgan fingerprint density at radius 2 is 1.03 bits per heavy atom. The molecule has 0 saturated heterocycles. The average molecular weight is 463 g/mol. The van der Waals surface area contributed by atoms with Crippen molar-refractivity contribution in [2.75, 3.05) is 0 Å². The highest BCUT2D eigenvalue weighted by Gasteiger charge is 2.48. The zero-order valence-corrected chi connectivity index (χ0v) is 21.2. The number of halogens is 1. The van der Waals surface area contributed by atoms with Gasteiger partial charge in [-0.25, -0.2) is 0 Å². The van der Waals surface area contributed by atoms with Crippen LogP contribution in [0.25, 0.3) is 11.1 Å². The molecule has 0 atom stereocenters. The van der Waals surface area contributed by atoms with Crippen LogP contribution in [0, 0.1) is 0 Å². The van der Waals surface area contributed by atoms with E-state index in [0.29, 0.717) is 0 Å². The van der Waals surface area contributed by atoms with Crippen molar-refractivity contribution in [3.05, 3.63) is 129 Å². The van der Waals surface area contributed by atoms with E-state index in [9.17, 15) is 0 Å². The molecule has 2 aliphatic rings. The minimum Gasteiger partial charge on any atom is -0.0843 e. The summed E-state index contributed by atoms with van der Waals surface area (Å²) in [7, 11) is 0. The summed E-state index contributed by atoms with van der Waals surface area (Å²) in [6.45, 7) is 9.65. The van der Waals surface area contributed by atoms with E-state index in [4.69, 9.17) is 11.6 Å². The second-order valence-electron chi connectivity index (χ2n) is 11.4. The SMILES string of the molecule is CC1(C)CCC(C)(C)c2cc3c(cc21)-c1ccc(Cl)cc1C3(c1ccccc1)c1ccccc1. The summed E-state index contributed by atoms with van der Waals surface area (Å²) in [5, 5.41) is 0.785. The number of hydrogen-bond donors (Lipinski definition) is 0. The molecule has 0 nitrogen and oxygen atoms in total. The molecule has 4 aromatic carbocycles. The molecule has 1 heteroatoms. The summed E-state index contributed by atoms with van der Waals surface area (Å²) in [5.41, 5.74) is 10.8. The topological polar surface area (TPSA) is 0 Å². The monoisotopic (exact) mass is 462 g/mol. The second kappa shape index (κ2) is 7.33. The molecule has 0 radical (unpaired) electrons. The lowest BCUT2D eigenvalue weighted by Crippen LogP contribution is -2.35. The van der Waals surface area contributed by atoms with E-state index in [-0.39, 0.29) is 10.8 Å². The Morgan fingerprint density at radius 1 is 0.529 bits per heavy atom. The molecule has 0 spiro atoms. The second-order valence-corrected chi connectivity index (χ2v) is 11.8. The Balaban J connectivity index is 1.81. The zero-order valence-electron chi connectivity index (χ0n) is 20.5. The van der Waals surface area contributed by atoms with Gasteiger partial charge in [-0.15, -0.1) is 0 Å². The molecule has 2 aliphatic carbocycles. The van der Waals surface area contributed by atoms with Gasteiger partial charge in [-0.1, -0.05) is 112 Å². The normalized spacial score (nSPS) is 18.6. The van der Waals surface area contributed by atoms with E-state index in [2.05, 4.69) is 113 Å². The summed E-state index contributed by atoms with van der Waals surface area (Å²) >= 11 is 6.69. The van der Waals surface area contributed by atoms with E-state index in [0.717, 1.165) is 5.02 Å². The van der Waals surface area contributed by atoms with Crippen molar-refractivity contribution in [1.82, 2.24) is 0 Å². The summed E-state index contributed by atoms with van der Waals surface area (Å²) in [5.74, 6) is 0. The van der Waals surface area contributed by atoms with Gasteiger partial charge in [-0.3, -0.25) is 0 Å². The van der Waals surface area contributed by atoms with Crippen LogP contribution in [0.4, 0.5) is 0 Å². The molecule has 0 aromatic heterocycles. The fourth-order valence-corrected chi connectivity index (χ4v) is 6.69. The highest BCUT2D eigenvalue weighted by atomic mass is 35.5. The largest absolute Gasteiger partial charge is 0.0843 e. The number of hydrogen-bond acceptors (Lipinski definition) is 0. The van der Waals surface area contributed by atoms with Crippen molar-refractivity contribution in [3.63, 3.8) is 0 Å². The van der Waals surface area contributed by atoms with Gasteiger partial charge in [0.25, 0.3) is 0 Å². The lowest BCUT2D eigenvalue weighted by Gasteiger charge is -2.43. The Bertz CT molecular complexity index is 1350. The number of rotatable bonds is 2. The van der Waals surface area contributed by atoms with Crippen molar-refractivity contribution in [3.8, 4) is 11.1 Å². The van der Waals surface area contributed by atoms with Crippen LogP contribution >= 0.6 is 11.6 Å². The number of fused-ring (bicyclic) bond motifs is 4. The molecule has 0 saturated carbocycles. The van der Waals surface area contributed by atoms with E-state index < -0.39 is 5.41 Å². The maximum absolute atomic E-state index is 6.69. The highest BCUT2D eigenvalue weighted by Crippen LogP contribution is 2.59. The number of benzene rings is 4. The lowest BCUT2D eigenvalue weighted by atomic mass is 9.61. The molecule has 0 bridgehead atoms. The molecule has 4 aromatic rings. The van der Waals surface area contributed by atoms with Crippen LogP contribution < -0.4 is 0 Å². The molecule has 34 heavy (non-hydrogen) atoms. The average Bonchev–Trinajstić information content (AvgIpc) is 3.12. The van der Waals surface area contributed by atoms with Crippen LogP contribution in [0.2, 0.25) is 5.02 Å². The van der Waals surface area contributed by atoms with Gasteiger partial charge < -0.3 is 0 Å². The predicted octanol–water partition coefficient (Wildman–Crippen LogP) is 9.05. The Labute approximate surface area is 208 Å². The van der Waals surface area contributed by atoms with Crippen LogP contribution in [0.1, 0.15) is 73.9 Å². The van der Waals surface area contributed by atoms with E-state index in [1.165, 1.54) is 57.3 Å². The minimum atomic E-state index is -0.398. The fraction of sp³-hybridized carbons (Fsp3) is 0.273. The molecule has 0 amide bonds. The summed E-state index contributed by atoms with van der Waals surface area (Å²) < 4.78 is 0. The molecule has 0 heterocycles. The van der Waals surface area contributed by atoms with Crippen LogP contribution in [-0.2, 0) is 16.2 Å². The Kier molecular flexibility index (Phi) is 4.68. The molecule has 0 fully saturated rings. The smallest absolute Gasteiger partial charge is 0.0714 e. The molecule has 0 aliphatic heterocycles. The molecular formula is C33H31Cl. The minimum absolute atomic E-state index is 0.144. The van der Waals surface area contributed by atoms with Crippen molar-refractivity contribution in [2.45, 2.75) is 56.8 Å². The van der Waals surface area contributed by atoms with Crippen LogP contribution in [0.5, 0.6) is 0 Å². The summed E-state index contributed by atoms with van der Waals surface area (Å²) in [6.07, 6.45) is 2.41. The highest BCUT2D eigenvalue weighted by molar-refractivity contribution is 6.30. The molecule has 0 unspecified atom stereocenters. The first-order valence-electron chi connectivity index (χ1n) is 12.4. The molecule has 6 rings (SSSR count). The zero-order chi connectivity index (χ0) is 23.7. The summed E-state index contributed by atoms with van der Waals surface area (Å²) in [6, 6.07) is 33.5. The molecular weight excluding hydrogens is 432 g/mol. The Hall–Kier alpha value is -2.83. The first kappa shape index (κ1) is 21.7. The Morgan fingerprint density at radius 3 is 1.59 bits per heavy atom. The van der Waals surface area contributed by atoms with Gasteiger partial charge in [-0.05, 0) is 86.4 Å². The third kappa shape index (κ3) is 2.91.